The fourth-order valence-electron chi connectivity index (χ4n) is 2.97. The fraction of sp³-hybridized carbons (Fsp3) is 0.278. The Kier molecular flexibility index (Phi) is 4.69. The van der Waals surface area contributed by atoms with E-state index in [4.69, 9.17) is 4.74 Å². The minimum atomic E-state index is -0.0470. The molecule has 8 heteroatoms. The maximum absolute atomic E-state index is 13.1. The van der Waals surface area contributed by atoms with E-state index in [0.29, 0.717) is 23.6 Å². The zero-order valence-corrected chi connectivity index (χ0v) is 16.1. The van der Waals surface area contributed by atoms with Crippen molar-refractivity contribution >= 4 is 39.1 Å². The van der Waals surface area contributed by atoms with E-state index in [0.717, 1.165) is 27.7 Å². The average molecular weight is 387 g/mol. The Morgan fingerprint density at radius 2 is 2.04 bits per heavy atom. The van der Waals surface area contributed by atoms with Gasteiger partial charge in [0.25, 0.3) is 5.56 Å². The molecule has 1 aromatic carbocycles. The van der Waals surface area contributed by atoms with Gasteiger partial charge in [0.15, 0.2) is 5.16 Å². The molecule has 0 radical (unpaired) electrons. The number of ether oxygens (including phenoxy) is 1. The quantitative estimate of drug-likeness (QED) is 0.473. The Morgan fingerprint density at radius 3 is 2.85 bits per heavy atom. The van der Waals surface area contributed by atoms with E-state index in [1.54, 1.807) is 16.3 Å². The number of rotatable bonds is 6. The average Bonchev–Trinajstić information content (AvgIpc) is 3.27. The third kappa shape index (κ3) is 2.79. The normalized spacial score (nSPS) is 11.5. The van der Waals surface area contributed by atoms with E-state index in [9.17, 15) is 4.79 Å². The van der Waals surface area contributed by atoms with Crippen LogP contribution < -0.4 is 10.3 Å². The fourth-order valence-corrected chi connectivity index (χ4v) is 4.46. The van der Waals surface area contributed by atoms with Gasteiger partial charge >= 0.3 is 0 Å². The van der Waals surface area contributed by atoms with E-state index >= 15 is 0 Å². The molecule has 0 aliphatic heterocycles. The molecule has 3 aromatic heterocycles. The Labute approximate surface area is 158 Å². The van der Waals surface area contributed by atoms with Crippen molar-refractivity contribution in [1.29, 1.82) is 0 Å². The number of aromatic nitrogens is 4. The van der Waals surface area contributed by atoms with Crippen LogP contribution in [0.4, 0.5) is 0 Å². The van der Waals surface area contributed by atoms with Gasteiger partial charge in [0, 0.05) is 5.56 Å². The molecule has 0 aliphatic carbocycles. The van der Waals surface area contributed by atoms with Gasteiger partial charge in [-0.15, -0.1) is 21.5 Å². The minimum Gasteiger partial charge on any atom is -0.494 e. The van der Waals surface area contributed by atoms with Gasteiger partial charge < -0.3 is 4.74 Å². The highest BCUT2D eigenvalue weighted by atomic mass is 32.2. The molecule has 0 unspecified atom stereocenters. The number of thioether (sulfide) groups is 1. The molecular weight excluding hydrogens is 368 g/mol. The molecule has 0 bridgehead atoms. The van der Waals surface area contributed by atoms with Gasteiger partial charge in [0.1, 0.15) is 10.4 Å². The predicted octanol–water partition coefficient (Wildman–Crippen LogP) is 3.66. The molecule has 3 heterocycles. The number of nitrogens with zero attached hydrogens (tertiary/aromatic N) is 4. The summed E-state index contributed by atoms with van der Waals surface area (Å²) in [7, 11) is 0. The van der Waals surface area contributed by atoms with Crippen LogP contribution in [-0.4, -0.2) is 31.5 Å². The molecule has 0 saturated heterocycles. The highest BCUT2D eigenvalue weighted by Gasteiger charge is 2.18. The topological polar surface area (TPSA) is 61.4 Å². The first kappa shape index (κ1) is 17.1. The van der Waals surface area contributed by atoms with Crippen LogP contribution in [0, 0.1) is 0 Å². The molecule has 0 atom stereocenters. The summed E-state index contributed by atoms with van der Waals surface area (Å²) in [4.78, 5) is 13.1. The standard InChI is InChI=1S/C18H18N4O2S2/c1-3-24-14-8-6-5-7-12(14)11-21-16(23)15-13(9-10-26-15)22-17(21)19-20-18(22)25-4-2/h5-10H,3-4,11H2,1-2H3. The second-order valence-electron chi connectivity index (χ2n) is 5.62. The maximum Gasteiger partial charge on any atom is 0.273 e. The van der Waals surface area contributed by atoms with Crippen LogP contribution in [-0.2, 0) is 6.54 Å². The van der Waals surface area contributed by atoms with Crippen molar-refractivity contribution in [1.82, 2.24) is 19.2 Å². The van der Waals surface area contributed by atoms with Crippen molar-refractivity contribution in [3.8, 4) is 5.75 Å². The number of para-hydroxylation sites is 1. The van der Waals surface area contributed by atoms with Crippen molar-refractivity contribution in [2.75, 3.05) is 12.4 Å². The van der Waals surface area contributed by atoms with E-state index in [-0.39, 0.29) is 5.56 Å². The Morgan fingerprint density at radius 1 is 1.19 bits per heavy atom. The van der Waals surface area contributed by atoms with E-state index in [1.807, 2.05) is 47.0 Å². The largest absolute Gasteiger partial charge is 0.494 e. The molecule has 0 aliphatic rings. The zero-order valence-electron chi connectivity index (χ0n) is 14.5. The highest BCUT2D eigenvalue weighted by Crippen LogP contribution is 2.25. The van der Waals surface area contributed by atoms with Gasteiger partial charge in [0.2, 0.25) is 5.78 Å². The van der Waals surface area contributed by atoms with Crippen LogP contribution in [0.3, 0.4) is 0 Å². The van der Waals surface area contributed by atoms with Crippen LogP contribution in [0.2, 0.25) is 0 Å². The third-order valence-corrected chi connectivity index (χ3v) is 5.76. The highest BCUT2D eigenvalue weighted by molar-refractivity contribution is 7.99. The van der Waals surface area contributed by atoms with Crippen LogP contribution in [0.15, 0.2) is 45.7 Å². The lowest BCUT2D eigenvalue weighted by Crippen LogP contribution is -2.23. The van der Waals surface area contributed by atoms with Crippen LogP contribution in [0.25, 0.3) is 16.0 Å². The van der Waals surface area contributed by atoms with Crippen LogP contribution in [0.1, 0.15) is 19.4 Å². The maximum atomic E-state index is 13.1. The molecule has 4 rings (SSSR count). The predicted molar refractivity (Wildman–Crippen MR) is 106 cm³/mol. The Bertz CT molecular complexity index is 1130. The Balaban J connectivity index is 1.94. The monoisotopic (exact) mass is 386 g/mol. The van der Waals surface area contributed by atoms with Crippen molar-refractivity contribution in [3.05, 3.63) is 51.6 Å². The van der Waals surface area contributed by atoms with Gasteiger partial charge in [-0.3, -0.25) is 13.8 Å². The van der Waals surface area contributed by atoms with Crippen LogP contribution >= 0.6 is 23.1 Å². The molecule has 0 spiro atoms. The molecule has 0 fully saturated rings. The first-order valence-electron chi connectivity index (χ1n) is 8.43. The molecule has 134 valence electrons. The van der Waals surface area contributed by atoms with Gasteiger partial charge in [-0.05, 0) is 30.2 Å². The number of fused-ring (bicyclic) bond motifs is 3. The second-order valence-corrected chi connectivity index (χ2v) is 7.77. The van der Waals surface area contributed by atoms with Crippen LogP contribution in [0.5, 0.6) is 5.75 Å². The molecule has 0 saturated carbocycles. The second kappa shape index (κ2) is 7.13. The summed E-state index contributed by atoms with van der Waals surface area (Å²) in [5.41, 5.74) is 1.77. The third-order valence-electron chi connectivity index (χ3n) is 4.06. The van der Waals surface area contributed by atoms with E-state index in [1.165, 1.54) is 11.3 Å². The summed E-state index contributed by atoms with van der Waals surface area (Å²) in [6, 6.07) is 9.74. The molecule has 0 amide bonds. The Hall–Kier alpha value is -2.32. The van der Waals surface area contributed by atoms with Gasteiger partial charge in [0.05, 0.1) is 18.7 Å². The summed E-state index contributed by atoms with van der Waals surface area (Å²) < 4.78 is 10.1. The summed E-state index contributed by atoms with van der Waals surface area (Å²) in [5, 5.41) is 11.4. The lowest BCUT2D eigenvalue weighted by molar-refractivity contribution is 0.336. The summed E-state index contributed by atoms with van der Waals surface area (Å²) in [6.07, 6.45) is 0. The summed E-state index contributed by atoms with van der Waals surface area (Å²) in [5.74, 6) is 2.23. The van der Waals surface area contributed by atoms with Crippen molar-refractivity contribution < 1.29 is 4.74 Å². The SMILES string of the molecule is CCOc1ccccc1Cn1c(=O)c2sccc2n2c(SCC)nnc12. The van der Waals surface area contributed by atoms with Gasteiger partial charge in [-0.2, -0.15) is 0 Å². The molecule has 6 nitrogen and oxygen atoms in total. The molecule has 0 N–H and O–H groups in total. The number of hydrogen-bond donors (Lipinski definition) is 0. The van der Waals surface area contributed by atoms with E-state index < -0.39 is 0 Å². The smallest absolute Gasteiger partial charge is 0.273 e. The van der Waals surface area contributed by atoms with Gasteiger partial charge in [-0.1, -0.05) is 36.9 Å². The number of benzene rings is 1. The van der Waals surface area contributed by atoms with Crippen molar-refractivity contribution in [3.63, 3.8) is 0 Å². The number of thiophene rings is 1. The van der Waals surface area contributed by atoms with E-state index in [2.05, 4.69) is 17.1 Å². The first-order chi connectivity index (χ1) is 12.7. The molecular formula is C18H18N4O2S2. The lowest BCUT2D eigenvalue weighted by atomic mass is 10.2. The lowest BCUT2D eigenvalue weighted by Gasteiger charge is -2.13. The molecule has 4 aromatic rings. The summed E-state index contributed by atoms with van der Waals surface area (Å²) >= 11 is 3.06. The number of hydrogen-bond acceptors (Lipinski definition) is 6. The zero-order chi connectivity index (χ0) is 18.1. The van der Waals surface area contributed by atoms with Gasteiger partial charge in [-0.25, -0.2) is 0 Å². The molecule has 26 heavy (non-hydrogen) atoms. The van der Waals surface area contributed by atoms with Crippen molar-refractivity contribution in [2.45, 2.75) is 25.5 Å². The first-order valence-corrected chi connectivity index (χ1v) is 10.3. The minimum absolute atomic E-state index is 0.0470. The van der Waals surface area contributed by atoms with Crippen molar-refractivity contribution in [2.24, 2.45) is 0 Å². The summed E-state index contributed by atoms with van der Waals surface area (Å²) in [6.45, 7) is 4.99.